The molecule has 0 saturated heterocycles. The zero-order valence-electron chi connectivity index (χ0n) is 8.56. The summed E-state index contributed by atoms with van der Waals surface area (Å²) in [5, 5.41) is 0. The fraction of sp³-hybridized carbons (Fsp3) is 0.833. The van der Waals surface area contributed by atoms with Gasteiger partial charge in [-0.3, -0.25) is 0 Å². The first-order valence-electron chi connectivity index (χ1n) is 5.34. The molecule has 0 spiro atoms. The van der Waals surface area contributed by atoms with Crippen LogP contribution in [0, 0.1) is 17.3 Å². The Morgan fingerprint density at radius 1 is 1.58 bits per heavy atom. The number of fused-ring (bicyclic) bond motifs is 2. The molecule has 68 valence electrons. The highest BCUT2D eigenvalue weighted by molar-refractivity contribution is 5.22. The SMILES string of the molecule is CCCC1(C)CC2CC1C=C2C. The van der Waals surface area contributed by atoms with Crippen LogP contribution in [0.15, 0.2) is 11.6 Å². The Morgan fingerprint density at radius 3 is 2.75 bits per heavy atom. The summed E-state index contributed by atoms with van der Waals surface area (Å²) < 4.78 is 0. The van der Waals surface area contributed by atoms with Gasteiger partial charge in [0.25, 0.3) is 0 Å². The molecule has 0 aliphatic heterocycles. The second-order valence-corrected chi connectivity index (χ2v) is 5.06. The third kappa shape index (κ3) is 1.04. The molecule has 12 heavy (non-hydrogen) atoms. The lowest BCUT2D eigenvalue weighted by atomic mass is 9.73. The minimum atomic E-state index is 0.666. The van der Waals surface area contributed by atoms with Crippen molar-refractivity contribution in [2.45, 2.75) is 46.5 Å². The largest absolute Gasteiger partial charge is 0.0816 e. The maximum Gasteiger partial charge on any atom is -0.0171 e. The van der Waals surface area contributed by atoms with E-state index in [4.69, 9.17) is 0 Å². The third-order valence-electron chi connectivity index (χ3n) is 4.08. The quantitative estimate of drug-likeness (QED) is 0.545. The molecule has 0 radical (unpaired) electrons. The standard InChI is InChI=1S/C12H20/c1-4-5-12(3)8-10-7-11(12)6-9(10)2/h6,10-11H,4-5,7-8H2,1-3H3. The van der Waals surface area contributed by atoms with Crippen LogP contribution in [0.3, 0.4) is 0 Å². The van der Waals surface area contributed by atoms with E-state index in [9.17, 15) is 0 Å². The van der Waals surface area contributed by atoms with Gasteiger partial charge in [0.1, 0.15) is 0 Å². The van der Waals surface area contributed by atoms with Crippen molar-refractivity contribution in [2.24, 2.45) is 17.3 Å². The summed E-state index contributed by atoms with van der Waals surface area (Å²) in [5.74, 6) is 1.87. The third-order valence-corrected chi connectivity index (χ3v) is 4.08. The molecule has 0 N–H and O–H groups in total. The molecule has 3 atom stereocenters. The van der Waals surface area contributed by atoms with E-state index in [0.29, 0.717) is 5.41 Å². The van der Waals surface area contributed by atoms with E-state index >= 15 is 0 Å². The van der Waals surface area contributed by atoms with Crippen molar-refractivity contribution in [1.82, 2.24) is 0 Å². The average molecular weight is 164 g/mol. The lowest BCUT2D eigenvalue weighted by Gasteiger charge is -2.32. The minimum Gasteiger partial charge on any atom is -0.0816 e. The van der Waals surface area contributed by atoms with Gasteiger partial charge in [-0.25, -0.2) is 0 Å². The highest BCUT2D eigenvalue weighted by Gasteiger charge is 2.46. The van der Waals surface area contributed by atoms with Gasteiger partial charge in [0.2, 0.25) is 0 Å². The van der Waals surface area contributed by atoms with Gasteiger partial charge in [0.15, 0.2) is 0 Å². The summed E-state index contributed by atoms with van der Waals surface area (Å²) in [6.45, 7) is 7.12. The van der Waals surface area contributed by atoms with Gasteiger partial charge in [-0.1, -0.05) is 31.9 Å². The maximum atomic E-state index is 2.55. The molecule has 0 aromatic rings. The van der Waals surface area contributed by atoms with Crippen molar-refractivity contribution in [3.05, 3.63) is 11.6 Å². The number of hydrogen-bond donors (Lipinski definition) is 0. The Hall–Kier alpha value is -0.260. The predicted octanol–water partition coefficient (Wildman–Crippen LogP) is 3.78. The van der Waals surface area contributed by atoms with Crippen molar-refractivity contribution in [3.63, 3.8) is 0 Å². The summed E-state index contributed by atoms with van der Waals surface area (Å²) in [4.78, 5) is 0. The van der Waals surface area contributed by atoms with Gasteiger partial charge < -0.3 is 0 Å². The van der Waals surface area contributed by atoms with Crippen molar-refractivity contribution >= 4 is 0 Å². The number of hydrogen-bond acceptors (Lipinski definition) is 0. The van der Waals surface area contributed by atoms with Gasteiger partial charge in [0.05, 0.1) is 0 Å². The van der Waals surface area contributed by atoms with Crippen LogP contribution in [-0.4, -0.2) is 0 Å². The van der Waals surface area contributed by atoms with Crippen molar-refractivity contribution in [1.29, 1.82) is 0 Å². The lowest BCUT2D eigenvalue weighted by molar-refractivity contribution is 0.235. The van der Waals surface area contributed by atoms with E-state index in [-0.39, 0.29) is 0 Å². The Labute approximate surface area is 76.1 Å². The molecule has 0 amide bonds. The first-order valence-corrected chi connectivity index (χ1v) is 5.34. The van der Waals surface area contributed by atoms with Gasteiger partial charge in [0, 0.05) is 0 Å². The molecule has 2 aliphatic carbocycles. The number of rotatable bonds is 2. The molecule has 3 unspecified atom stereocenters. The Balaban J connectivity index is 2.15. The summed E-state index contributed by atoms with van der Waals surface area (Å²) in [7, 11) is 0. The van der Waals surface area contributed by atoms with Gasteiger partial charge in [-0.05, 0) is 43.4 Å². The van der Waals surface area contributed by atoms with Gasteiger partial charge in [-0.15, -0.1) is 0 Å². The predicted molar refractivity (Wildman–Crippen MR) is 53.0 cm³/mol. The average Bonchev–Trinajstić information content (AvgIpc) is 2.45. The van der Waals surface area contributed by atoms with Crippen molar-refractivity contribution in [3.8, 4) is 0 Å². The van der Waals surface area contributed by atoms with E-state index < -0.39 is 0 Å². The van der Waals surface area contributed by atoms with Crippen molar-refractivity contribution < 1.29 is 0 Å². The molecule has 0 heterocycles. The minimum absolute atomic E-state index is 0.666. The van der Waals surface area contributed by atoms with E-state index in [1.165, 1.54) is 25.7 Å². The molecule has 2 aliphatic rings. The Bertz CT molecular complexity index is 214. The van der Waals surface area contributed by atoms with Crippen LogP contribution in [0.2, 0.25) is 0 Å². The van der Waals surface area contributed by atoms with Crippen molar-refractivity contribution in [2.75, 3.05) is 0 Å². The molecule has 1 fully saturated rings. The van der Waals surface area contributed by atoms with Crippen LogP contribution in [0.4, 0.5) is 0 Å². The van der Waals surface area contributed by atoms with E-state index in [1.54, 1.807) is 5.57 Å². The van der Waals surface area contributed by atoms with Crippen LogP contribution >= 0.6 is 0 Å². The second kappa shape index (κ2) is 2.61. The van der Waals surface area contributed by atoms with Gasteiger partial charge in [-0.2, -0.15) is 0 Å². The monoisotopic (exact) mass is 164 g/mol. The Kier molecular flexibility index (Phi) is 1.82. The summed E-state index contributed by atoms with van der Waals surface area (Å²) in [6.07, 6.45) is 8.25. The molecule has 0 nitrogen and oxygen atoms in total. The molecular weight excluding hydrogens is 144 g/mol. The zero-order valence-corrected chi connectivity index (χ0v) is 8.56. The van der Waals surface area contributed by atoms with Gasteiger partial charge >= 0.3 is 0 Å². The van der Waals surface area contributed by atoms with Crippen LogP contribution < -0.4 is 0 Å². The molecule has 1 saturated carbocycles. The number of allylic oxidation sites excluding steroid dienone is 2. The molecule has 0 heteroatoms. The summed E-state index contributed by atoms with van der Waals surface area (Å²) >= 11 is 0. The van der Waals surface area contributed by atoms with E-state index in [1.807, 2.05) is 0 Å². The molecule has 0 aromatic heterocycles. The topological polar surface area (TPSA) is 0 Å². The zero-order chi connectivity index (χ0) is 8.77. The summed E-state index contributed by atoms with van der Waals surface area (Å²) in [5.41, 5.74) is 2.34. The van der Waals surface area contributed by atoms with E-state index in [2.05, 4.69) is 26.8 Å². The lowest BCUT2D eigenvalue weighted by Crippen LogP contribution is -2.22. The van der Waals surface area contributed by atoms with Crippen LogP contribution in [0.25, 0.3) is 0 Å². The maximum absolute atomic E-state index is 2.55. The van der Waals surface area contributed by atoms with Crippen LogP contribution in [-0.2, 0) is 0 Å². The van der Waals surface area contributed by atoms with Crippen LogP contribution in [0.5, 0.6) is 0 Å². The smallest absolute Gasteiger partial charge is 0.0171 e. The molecule has 2 bridgehead atoms. The fourth-order valence-corrected chi connectivity index (χ4v) is 3.32. The molecule has 0 aromatic carbocycles. The fourth-order valence-electron chi connectivity index (χ4n) is 3.32. The normalized spacial score (nSPS) is 45.1. The first kappa shape index (κ1) is 8.34. The Morgan fingerprint density at radius 2 is 2.33 bits per heavy atom. The summed E-state index contributed by atoms with van der Waals surface area (Å²) in [6, 6.07) is 0. The molecule has 2 rings (SSSR count). The van der Waals surface area contributed by atoms with Crippen LogP contribution in [0.1, 0.15) is 46.5 Å². The molecular formula is C12H20. The first-order chi connectivity index (χ1) is 5.65. The highest BCUT2D eigenvalue weighted by atomic mass is 14.5. The van der Waals surface area contributed by atoms with E-state index in [0.717, 1.165) is 11.8 Å². The highest BCUT2D eigenvalue weighted by Crippen LogP contribution is 2.56. The second-order valence-electron chi connectivity index (χ2n) is 5.06.